The van der Waals surface area contributed by atoms with E-state index in [1.807, 2.05) is 13.0 Å². The summed E-state index contributed by atoms with van der Waals surface area (Å²) in [6.45, 7) is 3.34. The van der Waals surface area contributed by atoms with Gasteiger partial charge in [0.25, 0.3) is 0 Å². The highest BCUT2D eigenvalue weighted by Gasteiger charge is 2.05. The lowest BCUT2D eigenvalue weighted by Crippen LogP contribution is -2.06. The first kappa shape index (κ1) is 13.6. The molecule has 100 valence electrons. The maximum atomic E-state index is 5.67. The molecule has 0 saturated heterocycles. The summed E-state index contributed by atoms with van der Waals surface area (Å²) in [5, 5.41) is 0. The summed E-state index contributed by atoms with van der Waals surface area (Å²) in [6.07, 6.45) is 1.81. The summed E-state index contributed by atoms with van der Waals surface area (Å²) < 4.78 is 5.64. The predicted octanol–water partition coefficient (Wildman–Crippen LogP) is 3.18. The number of ether oxygens (including phenoxy) is 1. The van der Waals surface area contributed by atoms with Crippen molar-refractivity contribution in [1.29, 1.82) is 0 Å². The topological polar surface area (TPSA) is 35.2 Å². The molecular formula is C17H21NO. The van der Waals surface area contributed by atoms with Crippen LogP contribution in [0.4, 0.5) is 0 Å². The van der Waals surface area contributed by atoms with Gasteiger partial charge in [0.05, 0.1) is 6.61 Å². The Balaban J connectivity index is 2.20. The predicted molar refractivity (Wildman–Crippen MR) is 79.6 cm³/mol. The summed E-state index contributed by atoms with van der Waals surface area (Å²) in [4.78, 5) is 0. The third-order valence-electron chi connectivity index (χ3n) is 3.09. The first-order chi connectivity index (χ1) is 9.33. The second kappa shape index (κ2) is 6.95. The second-order valence-corrected chi connectivity index (χ2v) is 4.58. The molecule has 0 amide bonds. The molecule has 2 aromatic carbocycles. The molecule has 0 fully saturated rings. The van der Waals surface area contributed by atoms with Crippen molar-refractivity contribution in [1.82, 2.24) is 0 Å². The van der Waals surface area contributed by atoms with Crippen molar-refractivity contribution in [2.24, 2.45) is 5.73 Å². The Kier molecular flexibility index (Phi) is 4.99. The van der Waals surface area contributed by atoms with E-state index in [9.17, 15) is 0 Å². The molecule has 0 heterocycles. The van der Waals surface area contributed by atoms with Gasteiger partial charge in [-0.2, -0.15) is 0 Å². The maximum absolute atomic E-state index is 5.67. The van der Waals surface area contributed by atoms with E-state index in [2.05, 4.69) is 42.5 Å². The highest BCUT2D eigenvalue weighted by molar-refractivity contribution is 5.39. The summed E-state index contributed by atoms with van der Waals surface area (Å²) in [5.74, 6) is 0.963. The Hall–Kier alpha value is -1.80. The van der Waals surface area contributed by atoms with Crippen LogP contribution in [0.15, 0.2) is 48.5 Å². The molecule has 2 aromatic rings. The summed E-state index contributed by atoms with van der Waals surface area (Å²) >= 11 is 0. The van der Waals surface area contributed by atoms with Crippen LogP contribution < -0.4 is 10.5 Å². The van der Waals surface area contributed by atoms with Gasteiger partial charge in [-0.15, -0.1) is 0 Å². The summed E-state index contributed by atoms with van der Waals surface area (Å²) in [6, 6.07) is 16.9. The molecule has 2 rings (SSSR count). The fraction of sp³-hybridized carbons (Fsp3) is 0.294. The van der Waals surface area contributed by atoms with Crippen LogP contribution in [0.2, 0.25) is 0 Å². The fourth-order valence-electron chi connectivity index (χ4n) is 2.22. The second-order valence-electron chi connectivity index (χ2n) is 4.58. The van der Waals surface area contributed by atoms with Gasteiger partial charge in [0.2, 0.25) is 0 Å². The lowest BCUT2D eigenvalue weighted by molar-refractivity contribution is 0.336. The molecule has 0 saturated carbocycles. The Morgan fingerprint density at radius 2 is 1.79 bits per heavy atom. The Bertz CT molecular complexity index is 508. The van der Waals surface area contributed by atoms with Gasteiger partial charge in [0.15, 0.2) is 0 Å². The molecule has 19 heavy (non-hydrogen) atoms. The van der Waals surface area contributed by atoms with E-state index in [4.69, 9.17) is 10.5 Å². The average molecular weight is 255 g/mol. The van der Waals surface area contributed by atoms with Gasteiger partial charge in [0.1, 0.15) is 5.75 Å². The van der Waals surface area contributed by atoms with Crippen molar-refractivity contribution in [3.05, 3.63) is 65.2 Å². The van der Waals surface area contributed by atoms with Crippen LogP contribution in [0.25, 0.3) is 0 Å². The lowest BCUT2D eigenvalue weighted by Gasteiger charge is -2.11. The van der Waals surface area contributed by atoms with Crippen LogP contribution in [0.5, 0.6) is 5.75 Å². The number of hydrogen-bond acceptors (Lipinski definition) is 2. The molecule has 0 spiro atoms. The van der Waals surface area contributed by atoms with Crippen molar-refractivity contribution >= 4 is 0 Å². The zero-order valence-corrected chi connectivity index (χ0v) is 11.4. The van der Waals surface area contributed by atoms with Gasteiger partial charge in [-0.1, -0.05) is 42.5 Å². The number of benzene rings is 2. The lowest BCUT2D eigenvalue weighted by atomic mass is 10.0. The molecule has 0 atom stereocenters. The molecule has 0 radical (unpaired) electrons. The van der Waals surface area contributed by atoms with Gasteiger partial charge in [0, 0.05) is 0 Å². The van der Waals surface area contributed by atoms with Gasteiger partial charge in [-0.25, -0.2) is 0 Å². The van der Waals surface area contributed by atoms with Crippen molar-refractivity contribution in [3.8, 4) is 5.75 Å². The van der Waals surface area contributed by atoms with Crippen molar-refractivity contribution in [2.75, 3.05) is 13.2 Å². The number of rotatable bonds is 6. The first-order valence-corrected chi connectivity index (χ1v) is 6.82. The van der Waals surface area contributed by atoms with Crippen LogP contribution in [-0.4, -0.2) is 13.2 Å². The fourth-order valence-corrected chi connectivity index (χ4v) is 2.22. The van der Waals surface area contributed by atoms with E-state index in [1.165, 1.54) is 16.7 Å². The number of hydrogen-bond donors (Lipinski definition) is 1. The van der Waals surface area contributed by atoms with Crippen LogP contribution >= 0.6 is 0 Å². The Labute approximate surface area is 115 Å². The summed E-state index contributed by atoms with van der Waals surface area (Å²) in [5.41, 5.74) is 9.51. The van der Waals surface area contributed by atoms with Crippen LogP contribution in [-0.2, 0) is 12.8 Å². The quantitative estimate of drug-likeness (QED) is 0.860. The Morgan fingerprint density at radius 3 is 2.47 bits per heavy atom. The number of nitrogens with two attached hydrogens (primary N) is 1. The average Bonchev–Trinajstić information content (AvgIpc) is 2.43. The third kappa shape index (κ3) is 3.83. The van der Waals surface area contributed by atoms with Gasteiger partial charge < -0.3 is 10.5 Å². The largest absolute Gasteiger partial charge is 0.494 e. The van der Waals surface area contributed by atoms with Gasteiger partial charge in [-0.3, -0.25) is 0 Å². The smallest absolute Gasteiger partial charge is 0.122 e. The summed E-state index contributed by atoms with van der Waals surface area (Å²) in [7, 11) is 0. The van der Waals surface area contributed by atoms with E-state index < -0.39 is 0 Å². The van der Waals surface area contributed by atoms with Crippen molar-refractivity contribution in [2.45, 2.75) is 19.8 Å². The molecule has 0 aliphatic rings. The molecular weight excluding hydrogens is 234 g/mol. The van der Waals surface area contributed by atoms with Gasteiger partial charge in [-0.05, 0) is 49.1 Å². The highest BCUT2D eigenvalue weighted by atomic mass is 16.5. The van der Waals surface area contributed by atoms with Crippen LogP contribution in [0.1, 0.15) is 23.6 Å². The van der Waals surface area contributed by atoms with Crippen LogP contribution in [0.3, 0.4) is 0 Å². The SMILES string of the molecule is CCOc1ccc(Cc2ccccc2)cc1CCN. The normalized spacial score (nSPS) is 10.4. The molecule has 0 aliphatic carbocycles. The van der Waals surface area contributed by atoms with Gasteiger partial charge >= 0.3 is 0 Å². The van der Waals surface area contributed by atoms with E-state index in [-0.39, 0.29) is 0 Å². The molecule has 0 aliphatic heterocycles. The first-order valence-electron chi connectivity index (χ1n) is 6.82. The molecule has 0 bridgehead atoms. The minimum absolute atomic E-state index is 0.648. The third-order valence-corrected chi connectivity index (χ3v) is 3.09. The maximum Gasteiger partial charge on any atom is 0.122 e. The standard InChI is InChI=1S/C17H21NO/c1-2-19-17-9-8-15(13-16(17)10-11-18)12-14-6-4-3-5-7-14/h3-9,13H,2,10-12,18H2,1H3. The minimum atomic E-state index is 0.648. The molecule has 2 heteroatoms. The highest BCUT2D eigenvalue weighted by Crippen LogP contribution is 2.22. The van der Waals surface area contributed by atoms with E-state index >= 15 is 0 Å². The molecule has 2 nitrogen and oxygen atoms in total. The van der Waals surface area contributed by atoms with Crippen molar-refractivity contribution in [3.63, 3.8) is 0 Å². The zero-order valence-electron chi connectivity index (χ0n) is 11.4. The monoisotopic (exact) mass is 255 g/mol. The molecule has 0 aromatic heterocycles. The minimum Gasteiger partial charge on any atom is -0.494 e. The zero-order chi connectivity index (χ0) is 13.5. The molecule has 2 N–H and O–H groups in total. The Morgan fingerprint density at radius 1 is 1.00 bits per heavy atom. The van der Waals surface area contributed by atoms with E-state index in [1.54, 1.807) is 0 Å². The van der Waals surface area contributed by atoms with E-state index in [0.717, 1.165) is 18.6 Å². The van der Waals surface area contributed by atoms with Crippen LogP contribution in [0, 0.1) is 0 Å². The molecule has 0 unspecified atom stereocenters. The van der Waals surface area contributed by atoms with Crippen molar-refractivity contribution < 1.29 is 4.74 Å². The van der Waals surface area contributed by atoms with E-state index in [0.29, 0.717) is 13.2 Å².